The second-order valence-corrected chi connectivity index (χ2v) is 5.25. The summed E-state index contributed by atoms with van der Waals surface area (Å²) < 4.78 is 2.06. The number of benzene rings is 2. The minimum absolute atomic E-state index is 0.299. The zero-order chi connectivity index (χ0) is 15.5. The van der Waals surface area contributed by atoms with Crippen LogP contribution in [-0.2, 0) is 6.54 Å². The summed E-state index contributed by atoms with van der Waals surface area (Å²) >= 11 is 0. The molecule has 4 nitrogen and oxygen atoms in total. The number of carboxylic acid groups (broad SMARTS) is 1. The van der Waals surface area contributed by atoms with Crippen molar-refractivity contribution in [1.29, 1.82) is 0 Å². The lowest BCUT2D eigenvalue weighted by Gasteiger charge is -2.09. The Morgan fingerprint density at radius 2 is 1.77 bits per heavy atom. The molecular formula is C18H16N2O2. The van der Waals surface area contributed by atoms with Crippen LogP contribution < -0.4 is 0 Å². The van der Waals surface area contributed by atoms with Crippen molar-refractivity contribution in [2.45, 2.75) is 13.5 Å². The van der Waals surface area contributed by atoms with E-state index in [2.05, 4.69) is 40.7 Å². The van der Waals surface area contributed by atoms with Gasteiger partial charge in [-0.2, -0.15) is 0 Å². The fourth-order valence-corrected chi connectivity index (χ4v) is 2.35. The van der Waals surface area contributed by atoms with Gasteiger partial charge in [0.05, 0.1) is 5.56 Å². The number of carbonyl (C=O) groups is 1. The third kappa shape index (κ3) is 2.91. The number of nitrogens with zero attached hydrogens (tertiary/aromatic N) is 2. The molecule has 0 aliphatic heterocycles. The van der Waals surface area contributed by atoms with Gasteiger partial charge in [0, 0.05) is 24.5 Å². The first-order chi connectivity index (χ1) is 10.6. The van der Waals surface area contributed by atoms with Crippen molar-refractivity contribution in [3.05, 3.63) is 77.6 Å². The molecule has 0 aliphatic rings. The Labute approximate surface area is 128 Å². The fourth-order valence-electron chi connectivity index (χ4n) is 2.35. The van der Waals surface area contributed by atoms with Crippen molar-refractivity contribution in [3.8, 4) is 11.4 Å². The van der Waals surface area contributed by atoms with E-state index in [1.165, 1.54) is 5.56 Å². The molecule has 0 bridgehead atoms. The van der Waals surface area contributed by atoms with E-state index >= 15 is 0 Å². The van der Waals surface area contributed by atoms with E-state index in [1.807, 2.05) is 18.3 Å². The third-order valence-electron chi connectivity index (χ3n) is 3.58. The number of rotatable bonds is 4. The number of aromatic carboxylic acids is 1. The molecule has 110 valence electrons. The Bertz CT molecular complexity index is 787. The van der Waals surface area contributed by atoms with Crippen molar-refractivity contribution in [2.24, 2.45) is 0 Å². The van der Waals surface area contributed by atoms with Crippen molar-refractivity contribution in [2.75, 3.05) is 0 Å². The summed E-state index contributed by atoms with van der Waals surface area (Å²) in [7, 11) is 0. The van der Waals surface area contributed by atoms with E-state index in [9.17, 15) is 4.79 Å². The molecule has 0 unspecified atom stereocenters. The standard InChI is InChI=1S/C18H16N2O2/c1-13-2-6-15(7-3-13)17-19-10-11-20(17)12-14-4-8-16(9-5-14)18(21)22/h2-11H,12H2,1H3,(H,21,22). The Hall–Kier alpha value is -2.88. The second-order valence-electron chi connectivity index (χ2n) is 5.25. The highest BCUT2D eigenvalue weighted by Crippen LogP contribution is 2.19. The summed E-state index contributed by atoms with van der Waals surface area (Å²) in [6.45, 7) is 2.71. The summed E-state index contributed by atoms with van der Waals surface area (Å²) in [6, 6.07) is 15.2. The number of hydrogen-bond donors (Lipinski definition) is 1. The van der Waals surface area contributed by atoms with E-state index in [-0.39, 0.29) is 0 Å². The van der Waals surface area contributed by atoms with E-state index in [4.69, 9.17) is 5.11 Å². The predicted molar refractivity (Wildman–Crippen MR) is 84.9 cm³/mol. The van der Waals surface area contributed by atoms with Crippen molar-refractivity contribution in [1.82, 2.24) is 9.55 Å². The lowest BCUT2D eigenvalue weighted by molar-refractivity contribution is 0.0697. The zero-order valence-electron chi connectivity index (χ0n) is 12.2. The van der Waals surface area contributed by atoms with Crippen LogP contribution in [-0.4, -0.2) is 20.6 Å². The van der Waals surface area contributed by atoms with E-state index in [1.54, 1.807) is 18.3 Å². The molecule has 0 amide bonds. The molecule has 22 heavy (non-hydrogen) atoms. The highest BCUT2D eigenvalue weighted by Gasteiger charge is 2.07. The van der Waals surface area contributed by atoms with Crippen LogP contribution in [0.4, 0.5) is 0 Å². The van der Waals surface area contributed by atoms with Gasteiger partial charge in [0.25, 0.3) is 0 Å². The van der Waals surface area contributed by atoms with Gasteiger partial charge >= 0.3 is 5.97 Å². The molecule has 0 atom stereocenters. The van der Waals surface area contributed by atoms with Crippen molar-refractivity contribution >= 4 is 5.97 Å². The van der Waals surface area contributed by atoms with Crippen LogP contribution in [0.15, 0.2) is 60.9 Å². The molecule has 2 aromatic carbocycles. The molecule has 4 heteroatoms. The number of aryl methyl sites for hydroxylation is 1. The SMILES string of the molecule is Cc1ccc(-c2nccn2Cc2ccc(C(=O)O)cc2)cc1. The molecule has 0 spiro atoms. The van der Waals surface area contributed by atoms with Crippen molar-refractivity contribution in [3.63, 3.8) is 0 Å². The maximum Gasteiger partial charge on any atom is 0.335 e. The normalized spacial score (nSPS) is 10.6. The second kappa shape index (κ2) is 5.85. The minimum atomic E-state index is -0.908. The smallest absolute Gasteiger partial charge is 0.335 e. The van der Waals surface area contributed by atoms with Gasteiger partial charge in [-0.05, 0) is 24.6 Å². The van der Waals surface area contributed by atoms with Gasteiger partial charge in [0.15, 0.2) is 0 Å². The van der Waals surface area contributed by atoms with E-state index < -0.39 is 5.97 Å². The Morgan fingerprint density at radius 1 is 1.09 bits per heavy atom. The van der Waals surface area contributed by atoms with Gasteiger partial charge < -0.3 is 9.67 Å². The molecule has 0 aliphatic carbocycles. The largest absolute Gasteiger partial charge is 0.478 e. The molecular weight excluding hydrogens is 276 g/mol. The van der Waals surface area contributed by atoms with Gasteiger partial charge in [-0.3, -0.25) is 0 Å². The molecule has 1 aromatic heterocycles. The zero-order valence-corrected chi connectivity index (χ0v) is 12.2. The molecule has 0 fully saturated rings. The highest BCUT2D eigenvalue weighted by molar-refractivity contribution is 5.87. The maximum atomic E-state index is 10.9. The molecule has 3 rings (SSSR count). The van der Waals surface area contributed by atoms with Gasteiger partial charge in [0.1, 0.15) is 5.82 Å². The van der Waals surface area contributed by atoms with Crippen LogP contribution in [0.5, 0.6) is 0 Å². The Morgan fingerprint density at radius 3 is 2.41 bits per heavy atom. The Balaban J connectivity index is 1.86. The van der Waals surface area contributed by atoms with Gasteiger partial charge in [-0.25, -0.2) is 9.78 Å². The summed E-state index contributed by atoms with van der Waals surface area (Å²) in [4.78, 5) is 15.3. The minimum Gasteiger partial charge on any atom is -0.478 e. The van der Waals surface area contributed by atoms with Crippen LogP contribution in [0.25, 0.3) is 11.4 Å². The third-order valence-corrected chi connectivity index (χ3v) is 3.58. The molecule has 1 heterocycles. The lowest BCUT2D eigenvalue weighted by atomic mass is 10.1. The molecule has 3 aromatic rings. The highest BCUT2D eigenvalue weighted by atomic mass is 16.4. The predicted octanol–water partition coefficient (Wildman–Crippen LogP) is 3.61. The quantitative estimate of drug-likeness (QED) is 0.799. The summed E-state index contributed by atoms with van der Waals surface area (Å²) in [5.74, 6) is -0.00293. The number of hydrogen-bond acceptors (Lipinski definition) is 2. The lowest BCUT2D eigenvalue weighted by Crippen LogP contribution is -2.02. The van der Waals surface area contributed by atoms with Crippen LogP contribution in [0, 0.1) is 6.92 Å². The van der Waals surface area contributed by atoms with Gasteiger partial charge in [-0.15, -0.1) is 0 Å². The maximum absolute atomic E-state index is 10.9. The van der Waals surface area contributed by atoms with Crippen molar-refractivity contribution < 1.29 is 9.90 Å². The molecule has 0 saturated carbocycles. The molecule has 0 saturated heterocycles. The number of carboxylic acids is 1. The average molecular weight is 292 g/mol. The monoisotopic (exact) mass is 292 g/mol. The van der Waals surface area contributed by atoms with Gasteiger partial charge in [-0.1, -0.05) is 42.0 Å². The number of imidazole rings is 1. The first kappa shape index (κ1) is 14.1. The van der Waals surface area contributed by atoms with Crippen LogP contribution in [0.2, 0.25) is 0 Å². The molecule has 0 radical (unpaired) electrons. The van der Waals surface area contributed by atoms with Gasteiger partial charge in [0.2, 0.25) is 0 Å². The summed E-state index contributed by atoms with van der Waals surface area (Å²) in [5, 5.41) is 8.93. The van der Waals surface area contributed by atoms with Crippen LogP contribution >= 0.6 is 0 Å². The summed E-state index contributed by atoms with van der Waals surface area (Å²) in [6.07, 6.45) is 3.71. The average Bonchev–Trinajstić information content (AvgIpc) is 2.97. The molecule has 1 N–H and O–H groups in total. The van der Waals surface area contributed by atoms with E-state index in [0.717, 1.165) is 17.0 Å². The Kier molecular flexibility index (Phi) is 3.74. The number of aromatic nitrogens is 2. The van der Waals surface area contributed by atoms with E-state index in [0.29, 0.717) is 12.1 Å². The topological polar surface area (TPSA) is 55.1 Å². The first-order valence-corrected chi connectivity index (χ1v) is 7.04. The van der Waals surface area contributed by atoms with Crippen LogP contribution in [0.1, 0.15) is 21.5 Å². The van der Waals surface area contributed by atoms with Crippen LogP contribution in [0.3, 0.4) is 0 Å². The summed E-state index contributed by atoms with van der Waals surface area (Å²) in [5.41, 5.74) is 3.62. The fraction of sp³-hybridized carbons (Fsp3) is 0.111. The first-order valence-electron chi connectivity index (χ1n) is 7.04.